The molecule has 0 amide bonds. The number of aryl methyl sites for hydroxylation is 1. The SMILES string of the molecule is CCCCCc1ccc(CS)cc1. The van der Waals surface area contributed by atoms with Crippen LogP contribution in [0, 0.1) is 0 Å². The lowest BCUT2D eigenvalue weighted by molar-refractivity contribution is 0.717. The van der Waals surface area contributed by atoms with E-state index in [1.54, 1.807) is 0 Å². The minimum atomic E-state index is 0.842. The van der Waals surface area contributed by atoms with E-state index in [9.17, 15) is 0 Å². The van der Waals surface area contributed by atoms with Crippen LogP contribution in [0.5, 0.6) is 0 Å². The highest BCUT2D eigenvalue weighted by atomic mass is 32.1. The zero-order valence-electron chi connectivity index (χ0n) is 8.29. The summed E-state index contributed by atoms with van der Waals surface area (Å²) in [6, 6.07) is 8.80. The van der Waals surface area contributed by atoms with Crippen molar-refractivity contribution in [3.63, 3.8) is 0 Å². The highest BCUT2D eigenvalue weighted by Gasteiger charge is 1.93. The zero-order chi connectivity index (χ0) is 9.52. The molecule has 0 aliphatic heterocycles. The van der Waals surface area contributed by atoms with Gasteiger partial charge in [-0.15, -0.1) is 0 Å². The van der Waals surface area contributed by atoms with Gasteiger partial charge in [0.2, 0.25) is 0 Å². The average molecular weight is 194 g/mol. The van der Waals surface area contributed by atoms with E-state index in [2.05, 4.69) is 43.8 Å². The number of rotatable bonds is 5. The fourth-order valence-corrected chi connectivity index (χ4v) is 1.60. The molecule has 0 fully saturated rings. The van der Waals surface area contributed by atoms with Crippen LogP contribution in [0.3, 0.4) is 0 Å². The van der Waals surface area contributed by atoms with Gasteiger partial charge in [-0.25, -0.2) is 0 Å². The van der Waals surface area contributed by atoms with Gasteiger partial charge in [0.05, 0.1) is 0 Å². The molecule has 1 heteroatoms. The van der Waals surface area contributed by atoms with Crippen LogP contribution >= 0.6 is 12.6 Å². The largest absolute Gasteiger partial charge is 0.175 e. The van der Waals surface area contributed by atoms with Crippen molar-refractivity contribution in [1.82, 2.24) is 0 Å². The Hall–Kier alpha value is -0.430. The summed E-state index contributed by atoms with van der Waals surface area (Å²) < 4.78 is 0. The van der Waals surface area contributed by atoms with Crippen LogP contribution in [0.1, 0.15) is 37.3 Å². The maximum atomic E-state index is 4.23. The number of benzene rings is 1. The number of hydrogen-bond donors (Lipinski definition) is 1. The first-order valence-corrected chi connectivity index (χ1v) is 5.68. The minimum absolute atomic E-state index is 0.842. The first kappa shape index (κ1) is 10.6. The van der Waals surface area contributed by atoms with Crippen LogP contribution in [0.15, 0.2) is 24.3 Å². The Morgan fingerprint density at radius 3 is 2.15 bits per heavy atom. The smallest absolute Gasteiger partial charge is 0.0154 e. The maximum absolute atomic E-state index is 4.23. The second-order valence-corrected chi connectivity index (χ2v) is 3.75. The van der Waals surface area contributed by atoms with E-state index in [-0.39, 0.29) is 0 Å². The van der Waals surface area contributed by atoms with Crippen LogP contribution in [0.2, 0.25) is 0 Å². The Morgan fingerprint density at radius 1 is 1.00 bits per heavy atom. The highest BCUT2D eigenvalue weighted by molar-refractivity contribution is 7.79. The van der Waals surface area contributed by atoms with Gasteiger partial charge < -0.3 is 0 Å². The lowest BCUT2D eigenvalue weighted by Crippen LogP contribution is -1.86. The third kappa shape index (κ3) is 3.86. The molecule has 0 atom stereocenters. The Labute approximate surface area is 86.8 Å². The Kier molecular flexibility index (Phi) is 4.99. The van der Waals surface area contributed by atoms with E-state index in [0.29, 0.717) is 0 Å². The molecular weight excluding hydrogens is 176 g/mol. The fraction of sp³-hybridized carbons (Fsp3) is 0.500. The molecule has 13 heavy (non-hydrogen) atoms. The summed E-state index contributed by atoms with van der Waals surface area (Å²) in [5, 5.41) is 0. The number of hydrogen-bond acceptors (Lipinski definition) is 1. The molecular formula is C12H18S. The van der Waals surface area contributed by atoms with E-state index in [0.717, 1.165) is 5.75 Å². The van der Waals surface area contributed by atoms with Gasteiger partial charge in [0.1, 0.15) is 0 Å². The number of thiol groups is 1. The third-order valence-corrected chi connectivity index (χ3v) is 2.64. The normalized spacial score (nSPS) is 10.3. The van der Waals surface area contributed by atoms with Crippen molar-refractivity contribution in [3.05, 3.63) is 35.4 Å². The van der Waals surface area contributed by atoms with Crippen molar-refractivity contribution < 1.29 is 0 Å². The van der Waals surface area contributed by atoms with Crippen LogP contribution in [0.4, 0.5) is 0 Å². The van der Waals surface area contributed by atoms with Crippen LogP contribution in [-0.2, 0) is 12.2 Å². The molecule has 0 bridgehead atoms. The van der Waals surface area contributed by atoms with Crippen LogP contribution in [-0.4, -0.2) is 0 Å². The first-order valence-electron chi connectivity index (χ1n) is 5.05. The van der Waals surface area contributed by atoms with Crippen molar-refractivity contribution in [2.24, 2.45) is 0 Å². The monoisotopic (exact) mass is 194 g/mol. The molecule has 0 unspecified atom stereocenters. The minimum Gasteiger partial charge on any atom is -0.175 e. The lowest BCUT2D eigenvalue weighted by atomic mass is 10.1. The maximum Gasteiger partial charge on any atom is 0.0154 e. The summed E-state index contributed by atoms with van der Waals surface area (Å²) in [7, 11) is 0. The van der Waals surface area contributed by atoms with Crippen molar-refractivity contribution >= 4 is 12.6 Å². The molecule has 0 radical (unpaired) electrons. The molecule has 72 valence electrons. The molecule has 0 saturated heterocycles. The summed E-state index contributed by atoms with van der Waals surface area (Å²) in [5.74, 6) is 0.842. The average Bonchev–Trinajstić information content (AvgIpc) is 2.19. The number of unbranched alkanes of at least 4 members (excludes halogenated alkanes) is 2. The second-order valence-electron chi connectivity index (χ2n) is 3.43. The van der Waals surface area contributed by atoms with Gasteiger partial charge in [-0.05, 0) is 24.0 Å². The molecule has 1 aromatic carbocycles. The molecule has 0 spiro atoms. The molecule has 1 rings (SSSR count). The zero-order valence-corrected chi connectivity index (χ0v) is 9.19. The van der Waals surface area contributed by atoms with Gasteiger partial charge in [0, 0.05) is 5.75 Å². The second kappa shape index (κ2) is 6.09. The van der Waals surface area contributed by atoms with Gasteiger partial charge in [0.15, 0.2) is 0 Å². The molecule has 0 N–H and O–H groups in total. The van der Waals surface area contributed by atoms with E-state index >= 15 is 0 Å². The fourth-order valence-electron chi connectivity index (χ4n) is 1.39. The predicted molar refractivity (Wildman–Crippen MR) is 62.4 cm³/mol. The predicted octanol–water partition coefficient (Wildman–Crippen LogP) is 3.85. The van der Waals surface area contributed by atoms with Gasteiger partial charge in [-0.2, -0.15) is 12.6 Å². The Morgan fingerprint density at radius 2 is 1.62 bits per heavy atom. The Balaban J connectivity index is 2.40. The summed E-state index contributed by atoms with van der Waals surface area (Å²) in [6.07, 6.45) is 5.18. The molecule has 1 aromatic rings. The summed E-state index contributed by atoms with van der Waals surface area (Å²) in [5.41, 5.74) is 2.77. The van der Waals surface area contributed by atoms with Crippen molar-refractivity contribution in [2.75, 3.05) is 0 Å². The summed E-state index contributed by atoms with van der Waals surface area (Å²) in [6.45, 7) is 2.24. The van der Waals surface area contributed by atoms with Gasteiger partial charge in [-0.1, -0.05) is 44.0 Å². The topological polar surface area (TPSA) is 0 Å². The van der Waals surface area contributed by atoms with Crippen molar-refractivity contribution in [1.29, 1.82) is 0 Å². The van der Waals surface area contributed by atoms with Gasteiger partial charge >= 0.3 is 0 Å². The van der Waals surface area contributed by atoms with E-state index in [1.165, 1.54) is 36.8 Å². The van der Waals surface area contributed by atoms with E-state index in [4.69, 9.17) is 0 Å². The molecule has 0 aliphatic carbocycles. The Bertz CT molecular complexity index is 225. The molecule has 0 aromatic heterocycles. The van der Waals surface area contributed by atoms with E-state index < -0.39 is 0 Å². The molecule has 0 aliphatic rings. The van der Waals surface area contributed by atoms with Crippen LogP contribution in [0.25, 0.3) is 0 Å². The van der Waals surface area contributed by atoms with Crippen molar-refractivity contribution in [2.45, 2.75) is 38.4 Å². The molecule has 0 nitrogen and oxygen atoms in total. The molecule has 0 heterocycles. The first-order chi connectivity index (χ1) is 6.36. The summed E-state index contributed by atoms with van der Waals surface area (Å²) in [4.78, 5) is 0. The van der Waals surface area contributed by atoms with Crippen molar-refractivity contribution in [3.8, 4) is 0 Å². The highest BCUT2D eigenvalue weighted by Crippen LogP contribution is 2.09. The van der Waals surface area contributed by atoms with Gasteiger partial charge in [0.25, 0.3) is 0 Å². The van der Waals surface area contributed by atoms with E-state index in [1.807, 2.05) is 0 Å². The van der Waals surface area contributed by atoms with Gasteiger partial charge in [-0.3, -0.25) is 0 Å². The van der Waals surface area contributed by atoms with Crippen LogP contribution < -0.4 is 0 Å². The standard InChI is InChI=1S/C12H18S/c1-2-3-4-5-11-6-8-12(10-13)9-7-11/h6-9,13H,2-5,10H2,1H3. The quantitative estimate of drug-likeness (QED) is 0.534. The molecule has 0 saturated carbocycles. The summed E-state index contributed by atoms with van der Waals surface area (Å²) >= 11 is 4.23. The lowest BCUT2D eigenvalue weighted by Gasteiger charge is -2.01. The third-order valence-electron chi connectivity index (χ3n) is 2.27.